The maximum atomic E-state index is 11.8. The second-order valence-corrected chi connectivity index (χ2v) is 3.95. The Kier molecular flexibility index (Phi) is 3.25. The van der Waals surface area contributed by atoms with Crippen LogP contribution in [0.1, 0.15) is 27.9 Å². The SMILES string of the molecule is CCc1nnsc1C(=O)NCc1cn[nH]c1. The molecule has 16 heavy (non-hydrogen) atoms. The first kappa shape index (κ1) is 10.7. The fourth-order valence-electron chi connectivity index (χ4n) is 1.25. The Morgan fingerprint density at radius 1 is 1.62 bits per heavy atom. The van der Waals surface area contributed by atoms with Crippen LogP contribution in [-0.2, 0) is 13.0 Å². The number of amides is 1. The summed E-state index contributed by atoms with van der Waals surface area (Å²) in [5.74, 6) is -0.131. The van der Waals surface area contributed by atoms with Gasteiger partial charge in [-0.25, -0.2) is 0 Å². The van der Waals surface area contributed by atoms with Gasteiger partial charge >= 0.3 is 0 Å². The van der Waals surface area contributed by atoms with Gasteiger partial charge in [-0.1, -0.05) is 11.4 Å². The molecule has 2 heterocycles. The Morgan fingerprint density at radius 3 is 3.19 bits per heavy atom. The molecule has 0 aliphatic rings. The van der Waals surface area contributed by atoms with E-state index >= 15 is 0 Å². The molecule has 2 aromatic heterocycles. The molecule has 0 saturated heterocycles. The van der Waals surface area contributed by atoms with E-state index in [1.807, 2.05) is 6.92 Å². The van der Waals surface area contributed by atoms with Crippen molar-refractivity contribution >= 4 is 17.4 Å². The van der Waals surface area contributed by atoms with E-state index in [-0.39, 0.29) is 5.91 Å². The standard InChI is InChI=1S/C9H11N5OS/c1-2-7-8(16-14-13-7)9(15)10-3-6-4-11-12-5-6/h4-5H,2-3H2,1H3,(H,10,15)(H,11,12). The van der Waals surface area contributed by atoms with E-state index in [4.69, 9.17) is 0 Å². The van der Waals surface area contributed by atoms with Crippen LogP contribution >= 0.6 is 11.5 Å². The second kappa shape index (κ2) is 4.84. The molecule has 0 spiro atoms. The number of aryl methyl sites for hydroxylation is 1. The summed E-state index contributed by atoms with van der Waals surface area (Å²) >= 11 is 1.12. The summed E-state index contributed by atoms with van der Waals surface area (Å²) < 4.78 is 3.77. The van der Waals surface area contributed by atoms with Gasteiger partial charge in [-0.3, -0.25) is 9.89 Å². The average molecular weight is 237 g/mol. The van der Waals surface area contributed by atoms with Crippen molar-refractivity contribution in [3.05, 3.63) is 28.5 Å². The molecule has 0 aliphatic heterocycles. The van der Waals surface area contributed by atoms with Crippen LogP contribution in [0.2, 0.25) is 0 Å². The molecule has 0 aromatic carbocycles. The molecule has 6 nitrogen and oxygen atoms in total. The normalized spacial score (nSPS) is 10.3. The Hall–Kier alpha value is -1.76. The minimum Gasteiger partial charge on any atom is -0.347 e. The van der Waals surface area contributed by atoms with Gasteiger partial charge < -0.3 is 5.32 Å². The lowest BCUT2D eigenvalue weighted by molar-refractivity contribution is 0.0954. The molecule has 84 valence electrons. The smallest absolute Gasteiger partial charge is 0.265 e. The number of hydrogen-bond acceptors (Lipinski definition) is 5. The first-order chi connectivity index (χ1) is 7.81. The maximum Gasteiger partial charge on any atom is 0.265 e. The number of carbonyl (C=O) groups excluding carboxylic acids is 1. The van der Waals surface area contributed by atoms with Gasteiger partial charge in [0.2, 0.25) is 0 Å². The van der Waals surface area contributed by atoms with Crippen LogP contribution in [0.4, 0.5) is 0 Å². The van der Waals surface area contributed by atoms with E-state index in [0.717, 1.165) is 22.8 Å². The number of hydrogen-bond donors (Lipinski definition) is 2. The van der Waals surface area contributed by atoms with Gasteiger partial charge in [-0.15, -0.1) is 5.10 Å². The van der Waals surface area contributed by atoms with Crippen molar-refractivity contribution in [1.82, 2.24) is 25.1 Å². The van der Waals surface area contributed by atoms with Gasteiger partial charge in [0.1, 0.15) is 4.88 Å². The van der Waals surface area contributed by atoms with E-state index < -0.39 is 0 Å². The zero-order valence-electron chi connectivity index (χ0n) is 8.73. The summed E-state index contributed by atoms with van der Waals surface area (Å²) in [6, 6.07) is 0. The van der Waals surface area contributed by atoms with E-state index in [1.165, 1.54) is 0 Å². The Bertz CT molecular complexity index is 464. The summed E-state index contributed by atoms with van der Waals surface area (Å²) in [6.45, 7) is 2.40. The number of H-pyrrole nitrogens is 1. The molecule has 7 heteroatoms. The number of nitrogens with one attached hydrogen (secondary N) is 2. The number of nitrogens with zero attached hydrogens (tertiary/aromatic N) is 3. The third-order valence-corrected chi connectivity index (χ3v) is 2.87. The first-order valence-electron chi connectivity index (χ1n) is 4.88. The molecule has 0 aliphatic carbocycles. The lowest BCUT2D eigenvalue weighted by Crippen LogP contribution is -2.22. The van der Waals surface area contributed by atoms with Gasteiger partial charge in [-0.2, -0.15) is 5.10 Å². The highest BCUT2D eigenvalue weighted by atomic mass is 32.1. The van der Waals surface area contributed by atoms with Crippen LogP contribution in [-0.4, -0.2) is 25.7 Å². The molecule has 2 N–H and O–H groups in total. The molecular weight excluding hydrogens is 226 g/mol. The molecule has 0 radical (unpaired) electrons. The minimum atomic E-state index is -0.131. The molecule has 0 atom stereocenters. The quantitative estimate of drug-likeness (QED) is 0.822. The number of carbonyl (C=O) groups is 1. The molecule has 0 saturated carbocycles. The predicted octanol–water partition coefficient (Wildman–Crippen LogP) is 0.754. The zero-order valence-corrected chi connectivity index (χ0v) is 9.54. The largest absolute Gasteiger partial charge is 0.347 e. The number of aromatic nitrogens is 4. The third kappa shape index (κ3) is 2.25. The van der Waals surface area contributed by atoms with E-state index in [1.54, 1.807) is 12.4 Å². The average Bonchev–Trinajstić information content (AvgIpc) is 2.96. The Labute approximate surface area is 96.2 Å². The van der Waals surface area contributed by atoms with Gasteiger partial charge in [-0.05, 0) is 18.0 Å². The van der Waals surface area contributed by atoms with Gasteiger partial charge in [0.25, 0.3) is 5.91 Å². The summed E-state index contributed by atoms with van der Waals surface area (Å²) in [5, 5.41) is 13.2. The minimum absolute atomic E-state index is 0.131. The summed E-state index contributed by atoms with van der Waals surface area (Å²) in [4.78, 5) is 12.4. The van der Waals surface area contributed by atoms with Crippen molar-refractivity contribution in [2.75, 3.05) is 0 Å². The topological polar surface area (TPSA) is 83.6 Å². The second-order valence-electron chi connectivity index (χ2n) is 3.19. The maximum absolute atomic E-state index is 11.8. The Morgan fingerprint density at radius 2 is 2.50 bits per heavy atom. The highest BCUT2D eigenvalue weighted by molar-refractivity contribution is 7.08. The molecule has 2 aromatic rings. The highest BCUT2D eigenvalue weighted by Gasteiger charge is 2.14. The Balaban J connectivity index is 1.98. The first-order valence-corrected chi connectivity index (χ1v) is 5.65. The predicted molar refractivity (Wildman–Crippen MR) is 59.0 cm³/mol. The lowest BCUT2D eigenvalue weighted by atomic mass is 10.3. The molecule has 2 rings (SSSR count). The molecule has 1 amide bonds. The molecule has 0 bridgehead atoms. The van der Waals surface area contributed by atoms with Gasteiger partial charge in [0.15, 0.2) is 0 Å². The fourth-order valence-corrected chi connectivity index (χ4v) is 1.92. The van der Waals surface area contributed by atoms with Crippen molar-refractivity contribution in [3.8, 4) is 0 Å². The number of aromatic amines is 1. The van der Waals surface area contributed by atoms with E-state index in [2.05, 4.69) is 25.1 Å². The van der Waals surface area contributed by atoms with Crippen molar-refractivity contribution in [2.24, 2.45) is 0 Å². The van der Waals surface area contributed by atoms with Crippen LogP contribution in [0.3, 0.4) is 0 Å². The molecular formula is C9H11N5OS. The third-order valence-electron chi connectivity index (χ3n) is 2.10. The monoisotopic (exact) mass is 237 g/mol. The van der Waals surface area contributed by atoms with Gasteiger partial charge in [0, 0.05) is 18.3 Å². The van der Waals surface area contributed by atoms with E-state index in [9.17, 15) is 4.79 Å². The van der Waals surface area contributed by atoms with Crippen molar-refractivity contribution in [1.29, 1.82) is 0 Å². The van der Waals surface area contributed by atoms with Crippen LogP contribution in [0.25, 0.3) is 0 Å². The van der Waals surface area contributed by atoms with Crippen molar-refractivity contribution in [2.45, 2.75) is 19.9 Å². The van der Waals surface area contributed by atoms with Gasteiger partial charge in [0.05, 0.1) is 11.9 Å². The summed E-state index contributed by atoms with van der Waals surface area (Å²) in [5.41, 5.74) is 1.68. The van der Waals surface area contributed by atoms with Crippen LogP contribution in [0.15, 0.2) is 12.4 Å². The highest BCUT2D eigenvalue weighted by Crippen LogP contribution is 2.10. The van der Waals surface area contributed by atoms with E-state index in [0.29, 0.717) is 17.8 Å². The number of rotatable bonds is 4. The van der Waals surface area contributed by atoms with Crippen molar-refractivity contribution in [3.63, 3.8) is 0 Å². The van der Waals surface area contributed by atoms with Crippen molar-refractivity contribution < 1.29 is 4.79 Å². The summed E-state index contributed by atoms with van der Waals surface area (Å²) in [7, 11) is 0. The zero-order chi connectivity index (χ0) is 11.4. The summed E-state index contributed by atoms with van der Waals surface area (Å²) in [6.07, 6.45) is 4.13. The molecule has 0 unspecified atom stereocenters. The van der Waals surface area contributed by atoms with Crippen LogP contribution in [0, 0.1) is 0 Å². The lowest BCUT2D eigenvalue weighted by Gasteiger charge is -2.01. The molecule has 0 fully saturated rings. The van der Waals surface area contributed by atoms with Crippen LogP contribution in [0.5, 0.6) is 0 Å². The fraction of sp³-hybridized carbons (Fsp3) is 0.333. The van der Waals surface area contributed by atoms with Crippen LogP contribution < -0.4 is 5.32 Å².